The number of carbonyl (C=O) groups is 1. The van der Waals surface area contributed by atoms with Crippen LogP contribution in [0.4, 0.5) is 0 Å². The Balaban J connectivity index is 0.00000261. The maximum atomic E-state index is 12.1. The number of H-pyrrole nitrogens is 1. The molecule has 1 aliphatic rings. The fraction of sp³-hybridized carbons (Fsp3) is 0.500. The van der Waals surface area contributed by atoms with Crippen LogP contribution in [-0.4, -0.2) is 54.5 Å². The number of nitrogens with one attached hydrogen (secondary N) is 3. The largest absolute Gasteiger partial charge is 0.358 e. The van der Waals surface area contributed by atoms with Crippen molar-refractivity contribution in [2.45, 2.75) is 32.7 Å². The van der Waals surface area contributed by atoms with Gasteiger partial charge in [-0.25, -0.2) is 0 Å². The van der Waals surface area contributed by atoms with Gasteiger partial charge in [-0.1, -0.05) is 32.0 Å². The summed E-state index contributed by atoms with van der Waals surface area (Å²) in [5.41, 5.74) is 2.38. The van der Waals surface area contributed by atoms with Gasteiger partial charge in [-0.05, 0) is 23.9 Å². The molecular formula is C20H30IN5O. The van der Waals surface area contributed by atoms with Gasteiger partial charge in [-0.3, -0.25) is 9.79 Å². The molecule has 7 heteroatoms. The van der Waals surface area contributed by atoms with Gasteiger partial charge < -0.3 is 20.5 Å². The quantitative estimate of drug-likeness (QED) is 0.348. The summed E-state index contributed by atoms with van der Waals surface area (Å²) >= 11 is 0. The zero-order valence-corrected chi connectivity index (χ0v) is 18.6. The van der Waals surface area contributed by atoms with Gasteiger partial charge in [0.15, 0.2) is 5.96 Å². The van der Waals surface area contributed by atoms with Crippen LogP contribution in [0.3, 0.4) is 0 Å². The predicted octanol–water partition coefficient (Wildman–Crippen LogP) is 2.75. The van der Waals surface area contributed by atoms with E-state index in [0.29, 0.717) is 0 Å². The minimum Gasteiger partial charge on any atom is -0.358 e. The number of likely N-dealkylation sites (tertiary alicyclic amines) is 1. The van der Waals surface area contributed by atoms with Crippen molar-refractivity contribution in [3.8, 4) is 0 Å². The number of halogens is 1. The molecule has 0 radical (unpaired) electrons. The maximum Gasteiger partial charge on any atom is 0.225 e. The molecule has 6 nitrogen and oxygen atoms in total. The lowest BCUT2D eigenvalue weighted by Gasteiger charge is -2.20. The van der Waals surface area contributed by atoms with E-state index in [1.807, 2.05) is 24.8 Å². The van der Waals surface area contributed by atoms with Crippen molar-refractivity contribution in [1.82, 2.24) is 20.5 Å². The van der Waals surface area contributed by atoms with E-state index in [1.165, 1.54) is 16.6 Å². The number of amides is 1. The Morgan fingerprint density at radius 2 is 2.15 bits per heavy atom. The third-order valence-corrected chi connectivity index (χ3v) is 4.83. The van der Waals surface area contributed by atoms with Crippen molar-refractivity contribution in [1.29, 1.82) is 0 Å². The highest BCUT2D eigenvalue weighted by molar-refractivity contribution is 14.0. The standard InChI is InChI=1S/C20H29N5O.HI/c1-14(2)19(26)25-11-9-17(13-25)24-20(21-3)22-10-8-16-12-15-6-4-5-7-18(15)23-16;/h4-7,12,14,17,23H,8-11,13H2,1-3H3,(H2,21,22,24);1H. The molecule has 3 rings (SSSR count). The van der Waals surface area contributed by atoms with Crippen LogP contribution in [0.25, 0.3) is 10.9 Å². The summed E-state index contributed by atoms with van der Waals surface area (Å²) in [6.45, 7) is 6.27. The van der Waals surface area contributed by atoms with Crippen LogP contribution < -0.4 is 10.6 Å². The number of fused-ring (bicyclic) bond motifs is 1. The number of guanidine groups is 1. The molecule has 27 heavy (non-hydrogen) atoms. The van der Waals surface area contributed by atoms with Crippen molar-refractivity contribution in [2.24, 2.45) is 10.9 Å². The molecule has 1 saturated heterocycles. The van der Waals surface area contributed by atoms with Crippen molar-refractivity contribution in [3.05, 3.63) is 36.0 Å². The van der Waals surface area contributed by atoms with E-state index in [0.717, 1.165) is 38.4 Å². The van der Waals surface area contributed by atoms with E-state index in [9.17, 15) is 4.79 Å². The van der Waals surface area contributed by atoms with Crippen LogP contribution in [0.1, 0.15) is 26.0 Å². The van der Waals surface area contributed by atoms with Crippen LogP contribution in [0, 0.1) is 5.92 Å². The number of hydrogen-bond acceptors (Lipinski definition) is 2. The molecule has 0 saturated carbocycles. The zero-order chi connectivity index (χ0) is 18.5. The molecule has 0 aliphatic carbocycles. The van der Waals surface area contributed by atoms with Gasteiger partial charge in [-0.15, -0.1) is 24.0 Å². The van der Waals surface area contributed by atoms with E-state index in [1.54, 1.807) is 7.05 Å². The SMILES string of the molecule is CN=C(NCCc1cc2ccccc2[nH]1)NC1CCN(C(=O)C(C)C)C1.I. The van der Waals surface area contributed by atoms with E-state index in [-0.39, 0.29) is 41.8 Å². The molecule has 1 aliphatic heterocycles. The Labute approximate surface area is 178 Å². The van der Waals surface area contributed by atoms with Gasteiger partial charge in [0.05, 0.1) is 0 Å². The summed E-state index contributed by atoms with van der Waals surface area (Å²) in [5.74, 6) is 1.09. The van der Waals surface area contributed by atoms with Crippen LogP contribution >= 0.6 is 24.0 Å². The monoisotopic (exact) mass is 483 g/mol. The van der Waals surface area contributed by atoms with Crippen molar-refractivity contribution in [2.75, 3.05) is 26.7 Å². The highest BCUT2D eigenvalue weighted by Gasteiger charge is 2.27. The minimum atomic E-state index is 0. The molecule has 148 valence electrons. The lowest BCUT2D eigenvalue weighted by atomic mass is 10.2. The molecule has 0 spiro atoms. The fourth-order valence-electron chi connectivity index (χ4n) is 3.42. The van der Waals surface area contributed by atoms with Gasteiger partial charge in [0, 0.05) is 56.3 Å². The highest BCUT2D eigenvalue weighted by atomic mass is 127. The average Bonchev–Trinajstić information content (AvgIpc) is 3.26. The van der Waals surface area contributed by atoms with E-state index in [4.69, 9.17) is 0 Å². The van der Waals surface area contributed by atoms with Gasteiger partial charge >= 0.3 is 0 Å². The Kier molecular flexibility index (Phi) is 7.94. The first-order valence-corrected chi connectivity index (χ1v) is 9.39. The lowest BCUT2D eigenvalue weighted by Crippen LogP contribution is -2.45. The van der Waals surface area contributed by atoms with Crippen molar-refractivity contribution >= 4 is 46.7 Å². The summed E-state index contributed by atoms with van der Waals surface area (Å²) in [7, 11) is 1.78. The smallest absolute Gasteiger partial charge is 0.225 e. The molecule has 1 unspecified atom stereocenters. The second-order valence-corrected chi connectivity index (χ2v) is 7.20. The molecule has 1 amide bonds. The normalized spacial score (nSPS) is 17.3. The van der Waals surface area contributed by atoms with Crippen molar-refractivity contribution < 1.29 is 4.79 Å². The minimum absolute atomic E-state index is 0. The fourth-order valence-corrected chi connectivity index (χ4v) is 3.42. The average molecular weight is 483 g/mol. The molecule has 1 atom stereocenters. The number of para-hydroxylation sites is 1. The highest BCUT2D eigenvalue weighted by Crippen LogP contribution is 2.15. The molecule has 2 heterocycles. The maximum absolute atomic E-state index is 12.1. The first kappa shape index (κ1) is 21.5. The second-order valence-electron chi connectivity index (χ2n) is 7.20. The number of nitrogens with zero attached hydrogens (tertiary/aromatic N) is 2. The van der Waals surface area contributed by atoms with E-state index < -0.39 is 0 Å². The molecule has 1 fully saturated rings. The molecule has 0 bridgehead atoms. The number of benzene rings is 1. The number of aromatic nitrogens is 1. The first-order chi connectivity index (χ1) is 12.6. The molecule has 1 aromatic heterocycles. The second kappa shape index (κ2) is 9.96. The van der Waals surface area contributed by atoms with Crippen LogP contribution in [0.5, 0.6) is 0 Å². The summed E-state index contributed by atoms with van der Waals surface area (Å²) in [4.78, 5) is 21.8. The van der Waals surface area contributed by atoms with E-state index >= 15 is 0 Å². The molecule has 2 aromatic rings. The van der Waals surface area contributed by atoms with Crippen LogP contribution in [-0.2, 0) is 11.2 Å². The summed E-state index contributed by atoms with van der Waals surface area (Å²) in [6.07, 6.45) is 1.86. The summed E-state index contributed by atoms with van der Waals surface area (Å²) in [6, 6.07) is 10.8. The molecule has 3 N–H and O–H groups in total. The zero-order valence-electron chi connectivity index (χ0n) is 16.3. The molecular weight excluding hydrogens is 453 g/mol. The Hall–Kier alpha value is -1.77. The topological polar surface area (TPSA) is 72.5 Å². The van der Waals surface area contributed by atoms with Gasteiger partial charge in [0.25, 0.3) is 0 Å². The Morgan fingerprint density at radius 3 is 2.85 bits per heavy atom. The first-order valence-electron chi connectivity index (χ1n) is 9.39. The number of rotatable bonds is 5. The lowest BCUT2D eigenvalue weighted by molar-refractivity contribution is -0.133. The number of aromatic amines is 1. The van der Waals surface area contributed by atoms with Gasteiger partial charge in [0.1, 0.15) is 0 Å². The van der Waals surface area contributed by atoms with Gasteiger partial charge in [0.2, 0.25) is 5.91 Å². The van der Waals surface area contributed by atoms with Crippen LogP contribution in [0.2, 0.25) is 0 Å². The number of hydrogen-bond donors (Lipinski definition) is 3. The summed E-state index contributed by atoms with van der Waals surface area (Å²) < 4.78 is 0. The van der Waals surface area contributed by atoms with Crippen molar-refractivity contribution in [3.63, 3.8) is 0 Å². The van der Waals surface area contributed by atoms with Crippen LogP contribution in [0.15, 0.2) is 35.3 Å². The third kappa shape index (κ3) is 5.60. The Morgan fingerprint density at radius 1 is 1.37 bits per heavy atom. The molecule has 1 aromatic carbocycles. The Bertz CT molecular complexity index is 753. The number of aliphatic imine (C=N–C) groups is 1. The number of carbonyl (C=O) groups excluding carboxylic acids is 1. The predicted molar refractivity (Wildman–Crippen MR) is 122 cm³/mol. The van der Waals surface area contributed by atoms with E-state index in [2.05, 4.69) is 44.9 Å². The third-order valence-electron chi connectivity index (χ3n) is 4.83. The summed E-state index contributed by atoms with van der Waals surface area (Å²) in [5, 5.41) is 8.05. The van der Waals surface area contributed by atoms with Gasteiger partial charge in [-0.2, -0.15) is 0 Å².